The van der Waals surface area contributed by atoms with Gasteiger partial charge in [-0.25, -0.2) is 4.98 Å². The van der Waals surface area contributed by atoms with Crippen LogP contribution >= 0.6 is 0 Å². The molecule has 0 atom stereocenters. The molecule has 6 nitrogen and oxygen atoms in total. The summed E-state index contributed by atoms with van der Waals surface area (Å²) >= 11 is 0. The third kappa shape index (κ3) is 3.98. The van der Waals surface area contributed by atoms with Crippen LogP contribution in [-0.2, 0) is 6.42 Å². The van der Waals surface area contributed by atoms with Crippen LogP contribution < -0.4 is 5.32 Å². The van der Waals surface area contributed by atoms with E-state index in [4.69, 9.17) is 5.11 Å². The van der Waals surface area contributed by atoms with E-state index in [1.54, 1.807) is 0 Å². The number of rotatable bonds is 7. The van der Waals surface area contributed by atoms with Crippen LogP contribution in [0.25, 0.3) is 0 Å². The van der Waals surface area contributed by atoms with Crippen molar-refractivity contribution in [2.24, 2.45) is 0 Å². The fourth-order valence-electron chi connectivity index (χ4n) is 1.25. The third-order valence-electron chi connectivity index (χ3n) is 2.19. The molecule has 0 aromatic carbocycles. The van der Waals surface area contributed by atoms with Crippen LogP contribution in [0.3, 0.4) is 0 Å². The summed E-state index contributed by atoms with van der Waals surface area (Å²) in [6.07, 6.45) is 3.27. The van der Waals surface area contributed by atoms with Crippen molar-refractivity contribution in [2.75, 3.05) is 13.2 Å². The first kappa shape index (κ1) is 12.6. The molecule has 0 aliphatic carbocycles. The van der Waals surface area contributed by atoms with Crippen molar-refractivity contribution in [3.63, 3.8) is 0 Å². The normalized spacial score (nSPS) is 10.4. The number of aromatic amines is 1. The smallest absolute Gasteiger partial charge is 0.290 e. The van der Waals surface area contributed by atoms with E-state index in [0.717, 1.165) is 25.7 Å². The minimum Gasteiger partial charge on any atom is -0.396 e. The quantitative estimate of drug-likeness (QED) is 0.582. The predicted molar refractivity (Wildman–Crippen MR) is 59.0 cm³/mol. The van der Waals surface area contributed by atoms with Gasteiger partial charge in [-0.2, -0.15) is 0 Å². The van der Waals surface area contributed by atoms with Gasteiger partial charge in [-0.05, 0) is 19.3 Å². The minimum atomic E-state index is -0.250. The van der Waals surface area contributed by atoms with Gasteiger partial charge in [0.25, 0.3) is 5.91 Å². The SMILES string of the molecule is CCc1nc(C(=O)NCCCCCO)n[nH]1. The Kier molecular flexibility index (Phi) is 5.49. The van der Waals surface area contributed by atoms with Gasteiger partial charge in [0.05, 0.1) is 0 Å². The summed E-state index contributed by atoms with van der Waals surface area (Å²) in [6.45, 7) is 2.74. The van der Waals surface area contributed by atoms with Crippen molar-refractivity contribution in [1.29, 1.82) is 0 Å². The molecule has 0 saturated heterocycles. The maximum Gasteiger partial charge on any atom is 0.290 e. The number of amides is 1. The number of aryl methyl sites for hydroxylation is 1. The first-order valence-electron chi connectivity index (χ1n) is 5.58. The Hall–Kier alpha value is -1.43. The molecule has 0 aliphatic rings. The summed E-state index contributed by atoms with van der Waals surface area (Å²) in [6, 6.07) is 0. The second-order valence-corrected chi connectivity index (χ2v) is 3.50. The fraction of sp³-hybridized carbons (Fsp3) is 0.700. The number of hydrogen-bond acceptors (Lipinski definition) is 4. The number of unbranched alkanes of at least 4 members (excludes halogenated alkanes) is 2. The molecule has 1 aromatic rings. The highest BCUT2D eigenvalue weighted by molar-refractivity contribution is 5.90. The lowest BCUT2D eigenvalue weighted by atomic mass is 10.2. The number of H-pyrrole nitrogens is 1. The van der Waals surface area contributed by atoms with Gasteiger partial charge < -0.3 is 10.4 Å². The molecule has 16 heavy (non-hydrogen) atoms. The Morgan fingerprint density at radius 2 is 2.25 bits per heavy atom. The molecular formula is C10H18N4O2. The van der Waals surface area contributed by atoms with Gasteiger partial charge in [0, 0.05) is 19.6 Å². The number of nitrogens with one attached hydrogen (secondary N) is 2. The summed E-state index contributed by atoms with van der Waals surface area (Å²) in [5.41, 5.74) is 0. The lowest BCUT2D eigenvalue weighted by Crippen LogP contribution is -2.25. The monoisotopic (exact) mass is 226 g/mol. The topological polar surface area (TPSA) is 90.9 Å². The van der Waals surface area contributed by atoms with Gasteiger partial charge in [0.1, 0.15) is 5.82 Å². The predicted octanol–water partition coefficient (Wildman–Crippen LogP) is 0.259. The Bertz CT molecular complexity index is 324. The second-order valence-electron chi connectivity index (χ2n) is 3.50. The van der Waals surface area contributed by atoms with Crippen LogP contribution in [0.4, 0.5) is 0 Å². The summed E-state index contributed by atoms with van der Waals surface area (Å²) in [7, 11) is 0. The molecule has 90 valence electrons. The van der Waals surface area contributed by atoms with E-state index in [-0.39, 0.29) is 18.3 Å². The van der Waals surface area contributed by atoms with E-state index >= 15 is 0 Å². The van der Waals surface area contributed by atoms with Crippen molar-refractivity contribution >= 4 is 5.91 Å². The van der Waals surface area contributed by atoms with Crippen LogP contribution in [-0.4, -0.2) is 39.3 Å². The molecular weight excluding hydrogens is 208 g/mol. The highest BCUT2D eigenvalue weighted by Crippen LogP contribution is 1.95. The Morgan fingerprint density at radius 1 is 1.44 bits per heavy atom. The molecule has 3 N–H and O–H groups in total. The number of aromatic nitrogens is 3. The zero-order valence-corrected chi connectivity index (χ0v) is 9.49. The van der Waals surface area contributed by atoms with E-state index in [0.29, 0.717) is 12.4 Å². The van der Waals surface area contributed by atoms with Gasteiger partial charge in [-0.1, -0.05) is 6.92 Å². The lowest BCUT2D eigenvalue weighted by Gasteiger charge is -2.01. The third-order valence-corrected chi connectivity index (χ3v) is 2.19. The molecule has 1 heterocycles. The van der Waals surface area contributed by atoms with Crippen LogP contribution in [0.1, 0.15) is 42.6 Å². The highest BCUT2D eigenvalue weighted by Gasteiger charge is 2.10. The van der Waals surface area contributed by atoms with Crippen molar-refractivity contribution in [1.82, 2.24) is 20.5 Å². The zero-order chi connectivity index (χ0) is 11.8. The average molecular weight is 226 g/mol. The van der Waals surface area contributed by atoms with Gasteiger partial charge >= 0.3 is 0 Å². The average Bonchev–Trinajstić information content (AvgIpc) is 2.77. The molecule has 0 radical (unpaired) electrons. The van der Waals surface area contributed by atoms with Crippen LogP contribution in [0, 0.1) is 0 Å². The summed E-state index contributed by atoms with van der Waals surface area (Å²) < 4.78 is 0. The van der Waals surface area contributed by atoms with Gasteiger partial charge in [0.2, 0.25) is 5.82 Å². The number of carbonyl (C=O) groups is 1. The number of carbonyl (C=O) groups excluding carboxylic acids is 1. The Morgan fingerprint density at radius 3 is 2.88 bits per heavy atom. The van der Waals surface area contributed by atoms with E-state index in [1.807, 2.05) is 6.92 Å². The molecule has 0 bridgehead atoms. The Balaban J connectivity index is 2.24. The molecule has 1 aromatic heterocycles. The van der Waals surface area contributed by atoms with E-state index in [9.17, 15) is 4.79 Å². The van der Waals surface area contributed by atoms with Gasteiger partial charge in [-0.3, -0.25) is 9.89 Å². The first-order valence-corrected chi connectivity index (χ1v) is 5.58. The molecule has 1 amide bonds. The number of aliphatic hydroxyl groups excluding tert-OH is 1. The minimum absolute atomic E-state index is 0.194. The van der Waals surface area contributed by atoms with Crippen LogP contribution in [0.5, 0.6) is 0 Å². The van der Waals surface area contributed by atoms with E-state index in [1.165, 1.54) is 0 Å². The Labute approximate surface area is 94.5 Å². The van der Waals surface area contributed by atoms with Crippen molar-refractivity contribution < 1.29 is 9.90 Å². The van der Waals surface area contributed by atoms with Crippen molar-refractivity contribution in [2.45, 2.75) is 32.6 Å². The number of aliphatic hydroxyl groups is 1. The van der Waals surface area contributed by atoms with Gasteiger partial charge in [0.15, 0.2) is 0 Å². The first-order chi connectivity index (χ1) is 7.77. The fourth-order valence-corrected chi connectivity index (χ4v) is 1.25. The van der Waals surface area contributed by atoms with Crippen LogP contribution in [0.2, 0.25) is 0 Å². The van der Waals surface area contributed by atoms with Crippen LogP contribution in [0.15, 0.2) is 0 Å². The number of hydrogen-bond donors (Lipinski definition) is 3. The molecule has 1 rings (SSSR count). The molecule has 0 saturated carbocycles. The van der Waals surface area contributed by atoms with E-state index in [2.05, 4.69) is 20.5 Å². The summed E-state index contributed by atoms with van der Waals surface area (Å²) in [5.74, 6) is 0.657. The largest absolute Gasteiger partial charge is 0.396 e. The van der Waals surface area contributed by atoms with Crippen molar-refractivity contribution in [3.05, 3.63) is 11.6 Å². The standard InChI is InChI=1S/C10H18N4O2/c1-2-8-12-9(14-13-8)10(16)11-6-4-3-5-7-15/h15H,2-7H2,1H3,(H,11,16)(H,12,13,14). The molecule has 6 heteroatoms. The highest BCUT2D eigenvalue weighted by atomic mass is 16.2. The zero-order valence-electron chi connectivity index (χ0n) is 9.49. The van der Waals surface area contributed by atoms with E-state index < -0.39 is 0 Å². The maximum atomic E-state index is 11.5. The summed E-state index contributed by atoms with van der Waals surface area (Å²) in [5, 5.41) is 17.8. The maximum absolute atomic E-state index is 11.5. The second kappa shape index (κ2) is 6.95. The lowest BCUT2D eigenvalue weighted by molar-refractivity contribution is 0.0943. The molecule has 0 spiro atoms. The molecule has 0 aliphatic heterocycles. The molecule has 0 unspecified atom stereocenters. The van der Waals surface area contributed by atoms with Gasteiger partial charge in [-0.15, -0.1) is 5.10 Å². The molecule has 0 fully saturated rings. The van der Waals surface area contributed by atoms with Crippen molar-refractivity contribution in [3.8, 4) is 0 Å². The summed E-state index contributed by atoms with van der Waals surface area (Å²) in [4.78, 5) is 15.5. The number of nitrogens with zero attached hydrogens (tertiary/aromatic N) is 2.